The van der Waals surface area contributed by atoms with E-state index in [1.165, 1.54) is 16.4 Å². The average molecular weight is 575 g/mol. The largest absolute Gasteiger partial charge is 0.489 e. The molecule has 10 nitrogen and oxygen atoms in total. The number of benzene rings is 3. The minimum Gasteiger partial charge on any atom is -0.489 e. The molecule has 2 amide bonds. The number of nitrogens with zero attached hydrogens (tertiary/aromatic N) is 2. The van der Waals surface area contributed by atoms with Gasteiger partial charge in [0.05, 0.1) is 22.4 Å². The molecule has 0 radical (unpaired) electrons. The second-order valence-corrected chi connectivity index (χ2v) is 12.0. The minimum atomic E-state index is -3.84. The number of ether oxygens (including phenoxy) is 1. The van der Waals surface area contributed by atoms with Crippen molar-refractivity contribution in [3.8, 4) is 5.75 Å². The lowest BCUT2D eigenvalue weighted by Gasteiger charge is -2.30. The van der Waals surface area contributed by atoms with Gasteiger partial charge in [-0.25, -0.2) is 13.9 Å². The van der Waals surface area contributed by atoms with Crippen molar-refractivity contribution in [3.63, 3.8) is 0 Å². The van der Waals surface area contributed by atoms with Crippen LogP contribution in [0.5, 0.6) is 5.75 Å². The van der Waals surface area contributed by atoms with Gasteiger partial charge in [0.2, 0.25) is 15.9 Å². The Hall–Kier alpha value is -4.32. The van der Waals surface area contributed by atoms with Gasteiger partial charge in [0.25, 0.3) is 5.91 Å². The summed E-state index contributed by atoms with van der Waals surface area (Å²) in [6, 6.07) is 24.4. The summed E-state index contributed by atoms with van der Waals surface area (Å²) < 4.78 is 33.6. The summed E-state index contributed by atoms with van der Waals surface area (Å²) in [4.78, 5) is 30.1. The van der Waals surface area contributed by atoms with Gasteiger partial charge in [0.15, 0.2) is 0 Å². The Morgan fingerprint density at radius 1 is 1.02 bits per heavy atom. The monoisotopic (exact) mass is 574 g/mol. The Morgan fingerprint density at radius 3 is 2.46 bits per heavy atom. The van der Waals surface area contributed by atoms with Crippen molar-refractivity contribution in [1.29, 1.82) is 0 Å². The number of para-hydroxylation sites is 1. The maximum atomic E-state index is 13.3. The van der Waals surface area contributed by atoms with Crippen LogP contribution in [0.4, 0.5) is 0 Å². The van der Waals surface area contributed by atoms with Crippen LogP contribution in [0.3, 0.4) is 0 Å². The number of hydrogen-bond acceptors (Lipinski definition) is 7. The lowest BCUT2D eigenvalue weighted by Crippen LogP contribution is -2.53. The van der Waals surface area contributed by atoms with Crippen LogP contribution >= 0.6 is 0 Å². The zero-order valence-corrected chi connectivity index (χ0v) is 23.2. The molecule has 5 rings (SSSR count). The van der Waals surface area contributed by atoms with Crippen molar-refractivity contribution in [3.05, 3.63) is 102 Å². The van der Waals surface area contributed by atoms with Crippen molar-refractivity contribution >= 4 is 32.7 Å². The number of fused-ring (bicyclic) bond motifs is 1. The zero-order valence-electron chi connectivity index (χ0n) is 22.4. The number of hydrogen-bond donors (Lipinski definition) is 3. The molecule has 1 aliphatic heterocycles. The van der Waals surface area contributed by atoms with Crippen LogP contribution in [0.15, 0.2) is 89.8 Å². The molecule has 1 unspecified atom stereocenters. The third-order valence-corrected chi connectivity index (χ3v) is 9.00. The van der Waals surface area contributed by atoms with E-state index in [9.17, 15) is 18.0 Å². The molecule has 3 aromatic carbocycles. The van der Waals surface area contributed by atoms with Crippen molar-refractivity contribution < 1.29 is 28.0 Å². The van der Waals surface area contributed by atoms with Crippen LogP contribution in [0.25, 0.3) is 10.9 Å². The molecule has 0 saturated carbocycles. The van der Waals surface area contributed by atoms with Gasteiger partial charge in [-0.05, 0) is 61.9 Å². The molecule has 1 atom stereocenters. The summed E-state index contributed by atoms with van der Waals surface area (Å²) in [5.41, 5.74) is 3.47. The Bertz CT molecular complexity index is 1680. The summed E-state index contributed by atoms with van der Waals surface area (Å²) in [7, 11) is -3.84. The van der Waals surface area contributed by atoms with Crippen LogP contribution in [-0.4, -0.2) is 53.4 Å². The van der Waals surface area contributed by atoms with E-state index in [-0.39, 0.29) is 30.8 Å². The lowest BCUT2D eigenvalue weighted by atomic mass is 9.93. The summed E-state index contributed by atoms with van der Waals surface area (Å²) >= 11 is 0. The van der Waals surface area contributed by atoms with Gasteiger partial charge < -0.3 is 10.1 Å². The van der Waals surface area contributed by atoms with Gasteiger partial charge in [-0.15, -0.1) is 0 Å². The van der Waals surface area contributed by atoms with Gasteiger partial charge in [-0.2, -0.15) is 4.31 Å². The zero-order chi connectivity index (χ0) is 29.0. The van der Waals surface area contributed by atoms with E-state index in [4.69, 9.17) is 9.94 Å². The molecule has 0 aliphatic carbocycles. The topological polar surface area (TPSA) is 138 Å². The predicted molar refractivity (Wildman–Crippen MR) is 152 cm³/mol. The van der Waals surface area contributed by atoms with Crippen LogP contribution in [0, 0.1) is 6.92 Å². The number of amides is 2. The molecular weight excluding hydrogens is 544 g/mol. The number of carbonyl (C=O) groups excluding carboxylic acids is 2. The Labute approximate surface area is 238 Å². The molecule has 11 heteroatoms. The summed E-state index contributed by atoms with van der Waals surface area (Å²) in [5.74, 6) is -0.639. The minimum absolute atomic E-state index is 0.103. The van der Waals surface area contributed by atoms with Crippen molar-refractivity contribution in [1.82, 2.24) is 20.1 Å². The highest BCUT2D eigenvalue weighted by Gasteiger charge is 2.45. The van der Waals surface area contributed by atoms with Gasteiger partial charge in [0, 0.05) is 35.3 Å². The number of nitrogens with one attached hydrogen (secondary N) is 2. The highest BCUT2D eigenvalue weighted by atomic mass is 32.2. The number of pyridine rings is 1. The summed E-state index contributed by atoms with van der Waals surface area (Å²) in [5, 5.41) is 13.0. The molecule has 1 saturated heterocycles. The molecular formula is C30H30N4O6S. The molecule has 1 fully saturated rings. The van der Waals surface area contributed by atoms with Crippen LogP contribution < -0.4 is 15.5 Å². The highest BCUT2D eigenvalue weighted by molar-refractivity contribution is 7.89. The standard InChI is InChI=1S/C30H30N4O6S/c1-21-17-23(26-9-5-6-10-27(26)31-21)19-40-24-13-11-22(12-14-24)29(36)32-30(18-28(35)33-37)15-16-34(20-30)41(38,39)25-7-3-2-4-8-25/h2-14,17,37H,15-16,18-20H2,1H3,(H,32,36)(H,33,35). The number of aromatic nitrogens is 1. The van der Waals surface area contributed by atoms with E-state index in [1.807, 2.05) is 37.3 Å². The van der Waals surface area contributed by atoms with Gasteiger partial charge >= 0.3 is 0 Å². The lowest BCUT2D eigenvalue weighted by molar-refractivity contribution is -0.130. The molecule has 212 valence electrons. The molecule has 1 aromatic heterocycles. The highest BCUT2D eigenvalue weighted by Crippen LogP contribution is 2.30. The predicted octanol–water partition coefficient (Wildman–Crippen LogP) is 3.58. The number of aryl methyl sites for hydroxylation is 1. The molecule has 41 heavy (non-hydrogen) atoms. The summed E-state index contributed by atoms with van der Waals surface area (Å²) in [6.45, 7) is 2.23. The molecule has 4 aromatic rings. The fourth-order valence-corrected chi connectivity index (χ4v) is 6.66. The third-order valence-electron chi connectivity index (χ3n) is 7.14. The Balaban J connectivity index is 1.29. The van der Waals surface area contributed by atoms with Crippen LogP contribution in [0.2, 0.25) is 0 Å². The summed E-state index contributed by atoms with van der Waals surface area (Å²) in [6.07, 6.45) is -0.102. The number of rotatable bonds is 9. The first-order valence-electron chi connectivity index (χ1n) is 13.1. The fraction of sp³-hybridized carbons (Fsp3) is 0.233. The van der Waals surface area contributed by atoms with Crippen molar-refractivity contribution in [2.75, 3.05) is 13.1 Å². The van der Waals surface area contributed by atoms with E-state index in [0.29, 0.717) is 17.9 Å². The van der Waals surface area contributed by atoms with E-state index in [2.05, 4.69) is 10.3 Å². The second kappa shape index (κ2) is 11.7. The first-order chi connectivity index (χ1) is 19.7. The average Bonchev–Trinajstić information content (AvgIpc) is 3.40. The molecule has 0 spiro atoms. The normalized spacial score (nSPS) is 17.3. The number of hydroxylamine groups is 1. The molecule has 0 bridgehead atoms. The van der Waals surface area contributed by atoms with Gasteiger partial charge in [-0.1, -0.05) is 36.4 Å². The van der Waals surface area contributed by atoms with E-state index in [1.54, 1.807) is 47.9 Å². The van der Waals surface area contributed by atoms with Gasteiger partial charge in [0.1, 0.15) is 12.4 Å². The molecule has 2 heterocycles. The third kappa shape index (κ3) is 6.22. The number of sulfonamides is 1. The van der Waals surface area contributed by atoms with Gasteiger partial charge in [-0.3, -0.25) is 19.8 Å². The molecule has 3 N–H and O–H groups in total. The van der Waals surface area contributed by atoms with Crippen LogP contribution in [0.1, 0.15) is 34.5 Å². The smallest absolute Gasteiger partial charge is 0.251 e. The second-order valence-electron chi connectivity index (χ2n) is 10.1. The Morgan fingerprint density at radius 2 is 1.73 bits per heavy atom. The quantitative estimate of drug-likeness (QED) is 0.205. The SMILES string of the molecule is Cc1cc(COc2ccc(C(=O)NC3(CC(=O)NO)CCN(S(=O)(=O)c4ccccc4)C3)cc2)c2ccccc2n1. The van der Waals surface area contributed by atoms with Crippen molar-refractivity contribution in [2.45, 2.75) is 36.8 Å². The number of carbonyl (C=O) groups is 2. The maximum absolute atomic E-state index is 13.3. The van der Waals surface area contributed by atoms with E-state index in [0.717, 1.165) is 22.2 Å². The van der Waals surface area contributed by atoms with Crippen molar-refractivity contribution in [2.24, 2.45) is 0 Å². The maximum Gasteiger partial charge on any atom is 0.251 e. The fourth-order valence-electron chi connectivity index (χ4n) is 5.11. The first kappa shape index (κ1) is 28.2. The molecule has 1 aliphatic rings. The van der Waals surface area contributed by atoms with E-state index >= 15 is 0 Å². The van der Waals surface area contributed by atoms with E-state index < -0.39 is 27.4 Å². The van der Waals surface area contributed by atoms with Crippen LogP contribution in [-0.2, 0) is 21.4 Å². The Kier molecular flexibility index (Phi) is 8.02. The first-order valence-corrected chi connectivity index (χ1v) is 14.5.